The van der Waals surface area contributed by atoms with Crippen LogP contribution in [0.3, 0.4) is 0 Å². The van der Waals surface area contributed by atoms with Gasteiger partial charge in [-0.15, -0.1) is 12.4 Å². The second-order valence-electron chi connectivity index (χ2n) is 3.53. The van der Waals surface area contributed by atoms with Gasteiger partial charge in [0.15, 0.2) is 0 Å². The third-order valence-corrected chi connectivity index (χ3v) is 2.84. The van der Waals surface area contributed by atoms with E-state index < -0.39 is 11.7 Å². The molecule has 0 aliphatic carbocycles. The summed E-state index contributed by atoms with van der Waals surface area (Å²) >= 11 is 5.59. The van der Waals surface area contributed by atoms with Gasteiger partial charge in [0, 0.05) is 6.04 Å². The Kier molecular flexibility index (Phi) is 4.10. The number of benzene rings is 1. The SMILES string of the molecule is Cl.FC(F)(F)c1ccc([C@@H]2CCN2)cc1Cl. The number of rotatable bonds is 1. The lowest BCUT2D eigenvalue weighted by Crippen LogP contribution is -2.34. The highest BCUT2D eigenvalue weighted by Crippen LogP contribution is 2.36. The molecule has 6 heteroatoms. The molecule has 1 fully saturated rings. The lowest BCUT2D eigenvalue weighted by atomic mass is 9.97. The Bertz CT molecular complexity index is 375. The fraction of sp³-hybridized carbons (Fsp3) is 0.400. The molecule has 16 heavy (non-hydrogen) atoms. The van der Waals surface area contributed by atoms with Crippen molar-refractivity contribution >= 4 is 24.0 Å². The molecule has 1 N–H and O–H groups in total. The Morgan fingerprint density at radius 1 is 1.31 bits per heavy atom. The normalized spacial score (nSPS) is 19.9. The highest BCUT2D eigenvalue weighted by atomic mass is 35.5. The van der Waals surface area contributed by atoms with Gasteiger partial charge in [-0.2, -0.15) is 13.2 Å². The van der Waals surface area contributed by atoms with Crippen LogP contribution in [0.25, 0.3) is 0 Å². The highest BCUT2D eigenvalue weighted by molar-refractivity contribution is 6.31. The van der Waals surface area contributed by atoms with E-state index >= 15 is 0 Å². The summed E-state index contributed by atoms with van der Waals surface area (Å²) < 4.78 is 37.1. The van der Waals surface area contributed by atoms with E-state index in [9.17, 15) is 13.2 Å². The lowest BCUT2D eigenvalue weighted by Gasteiger charge is -2.28. The Morgan fingerprint density at radius 3 is 2.31 bits per heavy atom. The zero-order chi connectivity index (χ0) is 11.1. The molecule has 0 unspecified atom stereocenters. The summed E-state index contributed by atoms with van der Waals surface area (Å²) in [6, 6.07) is 4.06. The number of hydrogen-bond donors (Lipinski definition) is 1. The van der Waals surface area contributed by atoms with Crippen LogP contribution in [0.5, 0.6) is 0 Å². The zero-order valence-corrected chi connectivity index (χ0v) is 9.72. The van der Waals surface area contributed by atoms with Crippen molar-refractivity contribution in [2.45, 2.75) is 18.6 Å². The number of alkyl halides is 3. The van der Waals surface area contributed by atoms with Crippen molar-refractivity contribution < 1.29 is 13.2 Å². The number of nitrogens with one attached hydrogen (secondary N) is 1. The standard InChI is InChI=1S/C10H9ClF3N.ClH/c11-8-5-6(9-3-4-15-9)1-2-7(8)10(12,13)14;/h1-2,5,9,15H,3-4H2;1H/t9-;/m0./s1. The quantitative estimate of drug-likeness (QED) is 0.819. The van der Waals surface area contributed by atoms with Crippen LogP contribution in [-0.4, -0.2) is 6.54 Å². The molecule has 0 spiro atoms. The molecule has 1 aliphatic rings. The molecule has 1 nitrogen and oxygen atoms in total. The van der Waals surface area contributed by atoms with Crippen molar-refractivity contribution in [2.24, 2.45) is 0 Å². The molecule has 0 saturated carbocycles. The van der Waals surface area contributed by atoms with Gasteiger partial charge in [-0.25, -0.2) is 0 Å². The van der Waals surface area contributed by atoms with Crippen LogP contribution < -0.4 is 5.32 Å². The van der Waals surface area contributed by atoms with E-state index in [4.69, 9.17) is 11.6 Å². The molecule has 1 aliphatic heterocycles. The minimum absolute atomic E-state index is 0. The molecule has 1 aromatic carbocycles. The van der Waals surface area contributed by atoms with E-state index in [0.29, 0.717) is 0 Å². The number of hydrogen-bond acceptors (Lipinski definition) is 1. The fourth-order valence-electron chi connectivity index (χ4n) is 1.55. The summed E-state index contributed by atoms with van der Waals surface area (Å²) in [4.78, 5) is 0. The van der Waals surface area contributed by atoms with Crippen LogP contribution in [0.2, 0.25) is 5.02 Å². The van der Waals surface area contributed by atoms with Gasteiger partial charge in [0.05, 0.1) is 10.6 Å². The van der Waals surface area contributed by atoms with Crippen molar-refractivity contribution in [1.82, 2.24) is 5.32 Å². The lowest BCUT2D eigenvalue weighted by molar-refractivity contribution is -0.137. The van der Waals surface area contributed by atoms with Crippen molar-refractivity contribution in [2.75, 3.05) is 6.54 Å². The first-order chi connectivity index (χ1) is 6.98. The molecule has 90 valence electrons. The van der Waals surface area contributed by atoms with E-state index in [1.165, 1.54) is 12.1 Å². The summed E-state index contributed by atoms with van der Waals surface area (Å²) in [6.07, 6.45) is -3.43. The van der Waals surface area contributed by atoms with Gasteiger partial charge in [-0.05, 0) is 30.7 Å². The minimum Gasteiger partial charge on any atom is -0.310 e. The molecule has 1 saturated heterocycles. The first-order valence-corrected chi connectivity index (χ1v) is 4.96. The van der Waals surface area contributed by atoms with Crippen LogP contribution in [-0.2, 0) is 6.18 Å². The van der Waals surface area contributed by atoms with Crippen molar-refractivity contribution in [3.8, 4) is 0 Å². The van der Waals surface area contributed by atoms with E-state index in [2.05, 4.69) is 5.32 Å². The monoisotopic (exact) mass is 271 g/mol. The van der Waals surface area contributed by atoms with Gasteiger partial charge in [0.1, 0.15) is 0 Å². The molecule has 1 atom stereocenters. The third-order valence-electron chi connectivity index (χ3n) is 2.52. The Balaban J connectivity index is 0.00000128. The second-order valence-corrected chi connectivity index (χ2v) is 3.94. The first kappa shape index (κ1) is 13.6. The number of halogens is 5. The summed E-state index contributed by atoms with van der Waals surface area (Å²) in [5.74, 6) is 0. The summed E-state index contributed by atoms with van der Waals surface area (Å²) in [5.41, 5.74) is 0.0477. The molecule has 1 aromatic rings. The average molecular weight is 272 g/mol. The summed E-state index contributed by atoms with van der Waals surface area (Å²) in [5, 5.41) is 2.88. The highest BCUT2D eigenvalue weighted by Gasteiger charge is 2.33. The van der Waals surface area contributed by atoms with E-state index in [1.54, 1.807) is 0 Å². The summed E-state index contributed by atoms with van der Waals surface area (Å²) in [6.45, 7) is 0.906. The predicted octanol–water partition coefficient (Wildman–Crippen LogP) is 3.82. The molecule has 0 radical (unpaired) electrons. The van der Waals surface area contributed by atoms with Gasteiger partial charge in [-0.3, -0.25) is 0 Å². The van der Waals surface area contributed by atoms with Gasteiger partial charge in [-0.1, -0.05) is 17.7 Å². The Labute approximate surface area is 102 Å². The largest absolute Gasteiger partial charge is 0.417 e. The molecular formula is C10H10Cl2F3N. The predicted molar refractivity (Wildman–Crippen MR) is 59.1 cm³/mol. The molecule has 0 amide bonds. The summed E-state index contributed by atoms with van der Waals surface area (Å²) in [7, 11) is 0. The zero-order valence-electron chi connectivity index (χ0n) is 8.14. The maximum absolute atomic E-state index is 12.4. The molecule has 2 rings (SSSR count). The van der Waals surface area contributed by atoms with Gasteiger partial charge in [0.25, 0.3) is 0 Å². The molecule has 1 heterocycles. The van der Waals surface area contributed by atoms with E-state index in [1.807, 2.05) is 0 Å². The first-order valence-electron chi connectivity index (χ1n) is 4.58. The second kappa shape index (κ2) is 4.82. The van der Waals surface area contributed by atoms with E-state index in [-0.39, 0.29) is 23.5 Å². The van der Waals surface area contributed by atoms with Crippen molar-refractivity contribution in [1.29, 1.82) is 0 Å². The van der Waals surface area contributed by atoms with Crippen LogP contribution in [0.1, 0.15) is 23.6 Å². The van der Waals surface area contributed by atoms with Gasteiger partial charge >= 0.3 is 6.18 Å². The Hall–Kier alpha value is -0.450. The fourth-order valence-corrected chi connectivity index (χ4v) is 1.85. The topological polar surface area (TPSA) is 12.0 Å². The third kappa shape index (κ3) is 2.62. The molecule has 0 aromatic heterocycles. The van der Waals surface area contributed by atoms with Crippen LogP contribution in [0.4, 0.5) is 13.2 Å². The minimum atomic E-state index is -4.37. The van der Waals surface area contributed by atoms with Gasteiger partial charge in [0.2, 0.25) is 0 Å². The van der Waals surface area contributed by atoms with Crippen LogP contribution in [0.15, 0.2) is 18.2 Å². The van der Waals surface area contributed by atoms with Crippen molar-refractivity contribution in [3.63, 3.8) is 0 Å². The average Bonchev–Trinajstić information content (AvgIpc) is 1.97. The van der Waals surface area contributed by atoms with Crippen LogP contribution >= 0.6 is 24.0 Å². The van der Waals surface area contributed by atoms with E-state index in [0.717, 1.165) is 24.6 Å². The Morgan fingerprint density at radius 2 is 1.94 bits per heavy atom. The van der Waals surface area contributed by atoms with Crippen molar-refractivity contribution in [3.05, 3.63) is 34.3 Å². The molecular weight excluding hydrogens is 262 g/mol. The van der Waals surface area contributed by atoms with Gasteiger partial charge < -0.3 is 5.32 Å². The smallest absolute Gasteiger partial charge is 0.310 e. The molecule has 0 bridgehead atoms. The maximum Gasteiger partial charge on any atom is 0.417 e. The van der Waals surface area contributed by atoms with Crippen LogP contribution in [0, 0.1) is 0 Å². The maximum atomic E-state index is 12.4.